The van der Waals surface area contributed by atoms with E-state index in [1.807, 2.05) is 6.08 Å². The lowest BCUT2D eigenvalue weighted by Gasteiger charge is -2.14. The fraction of sp³-hybridized carbons (Fsp3) is 0.212. The highest BCUT2D eigenvalue weighted by Crippen LogP contribution is 2.51. The summed E-state index contributed by atoms with van der Waals surface area (Å²) in [5, 5.41) is 7.45. The zero-order valence-electron chi connectivity index (χ0n) is 22.3. The third-order valence-corrected chi connectivity index (χ3v) is 7.35. The Hall–Kier alpha value is -4.72. The summed E-state index contributed by atoms with van der Waals surface area (Å²) in [7, 11) is 0. The predicted molar refractivity (Wildman–Crippen MR) is 158 cm³/mol. The summed E-state index contributed by atoms with van der Waals surface area (Å²) >= 11 is 1.39. The minimum atomic E-state index is -0.805. The lowest BCUT2D eigenvalue weighted by atomic mass is 9.90. The van der Waals surface area contributed by atoms with Crippen molar-refractivity contribution >= 4 is 35.0 Å². The van der Waals surface area contributed by atoms with Crippen LogP contribution in [-0.4, -0.2) is 29.1 Å². The first kappa shape index (κ1) is 28.3. The second-order valence-corrected chi connectivity index (χ2v) is 10.3. The van der Waals surface area contributed by atoms with E-state index in [1.54, 1.807) is 41.9 Å². The molecule has 0 aliphatic heterocycles. The van der Waals surface area contributed by atoms with E-state index < -0.39 is 11.8 Å². The van der Waals surface area contributed by atoms with Crippen LogP contribution in [0, 0.1) is 30.6 Å². The Morgan fingerprint density at radius 1 is 1.10 bits per heavy atom. The molecule has 2 aromatic carbocycles. The van der Waals surface area contributed by atoms with Gasteiger partial charge < -0.3 is 10.6 Å². The average Bonchev–Trinajstić information content (AvgIpc) is 3.57. The van der Waals surface area contributed by atoms with Crippen LogP contribution in [0.5, 0.6) is 0 Å². The van der Waals surface area contributed by atoms with E-state index in [9.17, 15) is 14.4 Å². The third kappa shape index (κ3) is 7.44. The van der Waals surface area contributed by atoms with E-state index in [-0.39, 0.29) is 24.3 Å². The van der Waals surface area contributed by atoms with Crippen molar-refractivity contribution in [3.05, 3.63) is 106 Å². The molecule has 3 aromatic rings. The number of carbonyl (C=O) groups is 3. The van der Waals surface area contributed by atoms with Crippen molar-refractivity contribution in [2.45, 2.75) is 38.1 Å². The molecule has 1 fully saturated rings. The second kappa shape index (κ2) is 13.4. The second-order valence-electron chi connectivity index (χ2n) is 9.42. The standard InChI is InChI=1S/C33H29N3O3S/c1-3-4-9-25-22-27(15-14-24(25)2)33(17-18-33)16-7-12-29(37)28-11-6-5-10-26(28)23-36-32(39)31(38)35-19-8-13-30-34-20-21-40-30/h3-6,9-11,14-15,20-22H,1,16-19,23H2,2H3,(H,35,38)(H,36,39)/b9-4-. The van der Waals surface area contributed by atoms with Crippen molar-refractivity contribution in [2.24, 2.45) is 0 Å². The highest BCUT2D eigenvalue weighted by Gasteiger charge is 2.43. The van der Waals surface area contributed by atoms with Crippen molar-refractivity contribution in [3.8, 4) is 23.7 Å². The van der Waals surface area contributed by atoms with Gasteiger partial charge in [-0.25, -0.2) is 4.98 Å². The van der Waals surface area contributed by atoms with Crippen molar-refractivity contribution in [1.29, 1.82) is 0 Å². The van der Waals surface area contributed by atoms with E-state index in [4.69, 9.17) is 0 Å². The number of Topliss-reactive ketones (excluding diaryl/α,β-unsaturated/α-hetero) is 1. The number of nitrogens with one attached hydrogen (secondary N) is 2. The summed E-state index contributed by atoms with van der Waals surface area (Å²) in [5.74, 6) is 9.53. The van der Waals surface area contributed by atoms with E-state index in [2.05, 4.69) is 77.1 Å². The molecule has 7 heteroatoms. The van der Waals surface area contributed by atoms with Crippen molar-refractivity contribution in [1.82, 2.24) is 15.6 Å². The van der Waals surface area contributed by atoms with Crippen LogP contribution in [0.15, 0.2) is 72.8 Å². The Bertz CT molecular complexity index is 1580. The normalized spacial score (nSPS) is 12.8. The van der Waals surface area contributed by atoms with Gasteiger partial charge in [0.25, 0.3) is 0 Å². The molecular weight excluding hydrogens is 518 g/mol. The summed E-state index contributed by atoms with van der Waals surface area (Å²) in [6, 6.07) is 13.4. The molecule has 2 amide bonds. The lowest BCUT2D eigenvalue weighted by molar-refractivity contribution is -0.139. The number of hydrogen-bond donors (Lipinski definition) is 2. The van der Waals surface area contributed by atoms with Gasteiger partial charge in [0.1, 0.15) is 0 Å². The van der Waals surface area contributed by atoms with Crippen LogP contribution in [0.25, 0.3) is 6.08 Å². The van der Waals surface area contributed by atoms with Crippen LogP contribution >= 0.6 is 11.3 Å². The molecule has 6 nitrogen and oxygen atoms in total. The minimum Gasteiger partial charge on any atom is -0.344 e. The van der Waals surface area contributed by atoms with E-state index >= 15 is 0 Å². The fourth-order valence-electron chi connectivity index (χ4n) is 4.16. The number of rotatable bonds is 8. The number of thiazole rings is 1. The molecular formula is C33H29N3O3S. The summed E-state index contributed by atoms with van der Waals surface area (Å²) < 4.78 is 0. The molecule has 200 valence electrons. The van der Waals surface area contributed by atoms with Crippen LogP contribution < -0.4 is 10.6 Å². The highest BCUT2D eigenvalue weighted by atomic mass is 32.1. The summed E-state index contributed by atoms with van der Waals surface area (Å²) in [6.07, 6.45) is 10.0. The largest absolute Gasteiger partial charge is 0.344 e. The molecule has 4 rings (SSSR count). The lowest BCUT2D eigenvalue weighted by Crippen LogP contribution is -2.39. The average molecular weight is 548 g/mol. The maximum absolute atomic E-state index is 13.0. The number of hydrogen-bond acceptors (Lipinski definition) is 5. The molecule has 0 bridgehead atoms. The Kier molecular flexibility index (Phi) is 9.46. The SMILES string of the molecule is C=C/C=C\c1cc(C2(CC#CC(=O)c3ccccc3CNC(=O)C(=O)NCC#Cc3nccs3)CC2)ccc1C. The van der Waals surface area contributed by atoms with Gasteiger partial charge in [-0.2, -0.15) is 0 Å². The summed E-state index contributed by atoms with van der Waals surface area (Å²) in [5.41, 5.74) is 4.55. The number of allylic oxidation sites excluding steroid dienone is 2. The Labute approximate surface area is 238 Å². The van der Waals surface area contributed by atoms with E-state index in [0.717, 1.165) is 18.4 Å². The molecule has 1 aromatic heterocycles. The van der Waals surface area contributed by atoms with Crippen LogP contribution in [0.3, 0.4) is 0 Å². The van der Waals surface area contributed by atoms with Gasteiger partial charge in [-0.05, 0) is 53.9 Å². The molecule has 40 heavy (non-hydrogen) atoms. The van der Waals surface area contributed by atoms with Gasteiger partial charge in [-0.3, -0.25) is 14.4 Å². The number of nitrogens with zero attached hydrogens (tertiary/aromatic N) is 1. The first-order chi connectivity index (χ1) is 19.4. The molecule has 0 saturated heterocycles. The maximum Gasteiger partial charge on any atom is 0.310 e. The monoisotopic (exact) mass is 547 g/mol. The van der Waals surface area contributed by atoms with Gasteiger partial charge in [-0.1, -0.05) is 79.1 Å². The molecule has 1 heterocycles. The maximum atomic E-state index is 13.0. The number of carbonyl (C=O) groups excluding carboxylic acids is 3. The molecule has 1 aliphatic carbocycles. The van der Waals surface area contributed by atoms with Gasteiger partial charge in [0, 0.05) is 35.5 Å². The molecule has 0 radical (unpaired) electrons. The van der Waals surface area contributed by atoms with Gasteiger partial charge in [-0.15, -0.1) is 11.3 Å². The third-order valence-electron chi connectivity index (χ3n) is 6.66. The predicted octanol–water partition coefficient (Wildman–Crippen LogP) is 4.74. The molecule has 0 unspecified atom stereocenters. The Morgan fingerprint density at radius 2 is 1.90 bits per heavy atom. The molecule has 0 atom stereocenters. The van der Waals surface area contributed by atoms with Crippen molar-refractivity contribution in [2.75, 3.05) is 6.54 Å². The highest BCUT2D eigenvalue weighted by molar-refractivity contribution is 7.10. The van der Waals surface area contributed by atoms with Gasteiger partial charge >= 0.3 is 11.8 Å². The van der Waals surface area contributed by atoms with Crippen LogP contribution in [0.4, 0.5) is 0 Å². The zero-order valence-corrected chi connectivity index (χ0v) is 23.1. The molecule has 1 aliphatic rings. The van der Waals surface area contributed by atoms with Gasteiger partial charge in [0.2, 0.25) is 5.78 Å². The molecule has 1 saturated carbocycles. The zero-order chi connectivity index (χ0) is 28.4. The number of aryl methyl sites for hydroxylation is 1. The minimum absolute atomic E-state index is 0.0212. The Balaban J connectivity index is 1.34. The quantitative estimate of drug-likeness (QED) is 0.140. The molecule has 0 spiro atoms. The number of aromatic nitrogens is 1. The smallest absolute Gasteiger partial charge is 0.310 e. The summed E-state index contributed by atoms with van der Waals surface area (Å²) in [4.78, 5) is 41.3. The van der Waals surface area contributed by atoms with Crippen LogP contribution in [0.2, 0.25) is 0 Å². The van der Waals surface area contributed by atoms with Gasteiger partial charge in [0.15, 0.2) is 5.01 Å². The first-order valence-corrected chi connectivity index (χ1v) is 13.8. The van der Waals surface area contributed by atoms with Crippen molar-refractivity contribution < 1.29 is 14.4 Å². The van der Waals surface area contributed by atoms with Crippen LogP contribution in [0.1, 0.15) is 56.9 Å². The van der Waals surface area contributed by atoms with Crippen LogP contribution in [-0.2, 0) is 21.5 Å². The van der Waals surface area contributed by atoms with Crippen molar-refractivity contribution in [3.63, 3.8) is 0 Å². The number of amides is 2. The van der Waals surface area contributed by atoms with Gasteiger partial charge in [0.05, 0.1) is 6.54 Å². The topological polar surface area (TPSA) is 88.2 Å². The number of benzene rings is 2. The van der Waals surface area contributed by atoms with E-state index in [1.165, 1.54) is 22.5 Å². The fourth-order valence-corrected chi connectivity index (χ4v) is 4.67. The summed E-state index contributed by atoms with van der Waals surface area (Å²) in [6.45, 7) is 5.87. The Morgan fingerprint density at radius 3 is 2.65 bits per heavy atom. The first-order valence-electron chi connectivity index (χ1n) is 12.9. The van der Waals surface area contributed by atoms with E-state index in [0.29, 0.717) is 22.6 Å². The molecule has 2 N–H and O–H groups in total. The number of ketones is 1.